The van der Waals surface area contributed by atoms with Crippen LogP contribution >= 0.6 is 0 Å². The molecule has 2 aromatic carbocycles. The quantitative estimate of drug-likeness (QED) is 0.432. The van der Waals surface area contributed by atoms with Gasteiger partial charge in [0.15, 0.2) is 5.65 Å². The van der Waals surface area contributed by atoms with Crippen molar-refractivity contribution in [1.29, 1.82) is 0 Å². The first-order chi connectivity index (χ1) is 15.9. The number of hydrogen-bond donors (Lipinski definition) is 2. The standard InChI is InChI=1S/C24H20N4O5/c1-3-33-23(32)16-6-10-18(11-7-16)28-20(29)13-12-19-14(2)25-24(27-21(19)28)26-17-8-4-15(5-9-17)22(30)31/h4-13H,3H2,1-2H3,(H,30,31)(H,25,26,27). The van der Waals surface area contributed by atoms with Crippen LogP contribution in [0.1, 0.15) is 33.3 Å². The second kappa shape index (κ2) is 8.91. The van der Waals surface area contributed by atoms with E-state index in [4.69, 9.17) is 9.84 Å². The Hall–Kier alpha value is -4.53. The van der Waals surface area contributed by atoms with Gasteiger partial charge in [-0.15, -0.1) is 0 Å². The van der Waals surface area contributed by atoms with Gasteiger partial charge in [-0.3, -0.25) is 9.36 Å². The predicted molar refractivity (Wildman–Crippen MR) is 123 cm³/mol. The monoisotopic (exact) mass is 444 g/mol. The first-order valence-corrected chi connectivity index (χ1v) is 10.2. The number of ether oxygens (including phenoxy) is 1. The van der Waals surface area contributed by atoms with Crippen molar-refractivity contribution in [1.82, 2.24) is 14.5 Å². The smallest absolute Gasteiger partial charge is 0.338 e. The number of carbonyl (C=O) groups is 2. The number of benzene rings is 2. The Morgan fingerprint density at radius 3 is 2.27 bits per heavy atom. The summed E-state index contributed by atoms with van der Waals surface area (Å²) in [6.45, 7) is 3.81. The maximum absolute atomic E-state index is 12.8. The Morgan fingerprint density at radius 1 is 0.970 bits per heavy atom. The van der Waals surface area contributed by atoms with Gasteiger partial charge in [-0.25, -0.2) is 14.6 Å². The average molecular weight is 444 g/mol. The second-order valence-corrected chi connectivity index (χ2v) is 7.15. The molecule has 2 aromatic heterocycles. The fourth-order valence-corrected chi connectivity index (χ4v) is 3.36. The van der Waals surface area contributed by atoms with Crippen molar-refractivity contribution in [3.8, 4) is 5.69 Å². The first-order valence-electron chi connectivity index (χ1n) is 10.2. The van der Waals surface area contributed by atoms with Crippen molar-refractivity contribution < 1.29 is 19.4 Å². The largest absolute Gasteiger partial charge is 0.478 e. The number of carboxylic acid groups (broad SMARTS) is 1. The third-order valence-corrected chi connectivity index (χ3v) is 4.97. The van der Waals surface area contributed by atoms with E-state index in [1.54, 1.807) is 56.3 Å². The number of carbonyl (C=O) groups excluding carboxylic acids is 1. The third-order valence-electron chi connectivity index (χ3n) is 4.97. The van der Waals surface area contributed by atoms with Gasteiger partial charge < -0.3 is 15.2 Å². The number of fused-ring (bicyclic) bond motifs is 1. The number of pyridine rings is 1. The molecule has 0 aliphatic carbocycles. The fourth-order valence-electron chi connectivity index (χ4n) is 3.36. The molecule has 2 heterocycles. The maximum Gasteiger partial charge on any atom is 0.338 e. The van der Waals surface area contributed by atoms with Gasteiger partial charge in [0.05, 0.1) is 29.1 Å². The Bertz CT molecular complexity index is 1410. The number of carboxylic acids is 1. The number of rotatable bonds is 6. The lowest BCUT2D eigenvalue weighted by Crippen LogP contribution is -2.19. The van der Waals surface area contributed by atoms with Gasteiger partial charge in [0.25, 0.3) is 5.56 Å². The molecule has 0 radical (unpaired) electrons. The Balaban J connectivity index is 1.76. The molecule has 166 valence electrons. The van der Waals surface area contributed by atoms with Crippen LogP contribution in [0.3, 0.4) is 0 Å². The highest BCUT2D eigenvalue weighted by Gasteiger charge is 2.13. The van der Waals surface area contributed by atoms with E-state index in [-0.39, 0.29) is 23.7 Å². The number of esters is 1. The molecule has 0 atom stereocenters. The lowest BCUT2D eigenvalue weighted by molar-refractivity contribution is 0.0526. The van der Waals surface area contributed by atoms with Gasteiger partial charge in [-0.05, 0) is 68.4 Å². The second-order valence-electron chi connectivity index (χ2n) is 7.15. The number of nitrogens with zero attached hydrogens (tertiary/aromatic N) is 3. The zero-order valence-electron chi connectivity index (χ0n) is 17.9. The molecular formula is C24H20N4O5. The summed E-state index contributed by atoms with van der Waals surface area (Å²) >= 11 is 0. The van der Waals surface area contributed by atoms with Gasteiger partial charge in [-0.2, -0.15) is 4.98 Å². The normalized spacial score (nSPS) is 10.7. The van der Waals surface area contributed by atoms with Crippen LogP contribution in [-0.2, 0) is 4.74 Å². The van der Waals surface area contributed by atoms with E-state index in [2.05, 4.69) is 15.3 Å². The van der Waals surface area contributed by atoms with Crippen LogP contribution in [-0.4, -0.2) is 38.2 Å². The zero-order chi connectivity index (χ0) is 23.5. The number of anilines is 2. The highest BCUT2D eigenvalue weighted by atomic mass is 16.5. The van der Waals surface area contributed by atoms with Crippen LogP contribution < -0.4 is 10.9 Å². The van der Waals surface area contributed by atoms with E-state index in [9.17, 15) is 14.4 Å². The Morgan fingerprint density at radius 2 is 1.64 bits per heavy atom. The van der Waals surface area contributed by atoms with E-state index < -0.39 is 11.9 Å². The van der Waals surface area contributed by atoms with Crippen molar-refractivity contribution in [2.75, 3.05) is 11.9 Å². The minimum Gasteiger partial charge on any atom is -0.478 e. The van der Waals surface area contributed by atoms with Crippen molar-refractivity contribution in [2.45, 2.75) is 13.8 Å². The molecule has 4 rings (SSSR count). The molecule has 0 amide bonds. The molecule has 9 heteroatoms. The third kappa shape index (κ3) is 4.42. The molecule has 0 bridgehead atoms. The predicted octanol–water partition coefficient (Wildman–Crippen LogP) is 3.71. The molecule has 4 aromatic rings. The van der Waals surface area contributed by atoms with E-state index in [0.717, 1.165) is 0 Å². The van der Waals surface area contributed by atoms with Crippen LogP contribution in [0.2, 0.25) is 0 Å². The Labute approximate surface area is 188 Å². The lowest BCUT2D eigenvalue weighted by Gasteiger charge is -2.13. The molecule has 2 N–H and O–H groups in total. The van der Waals surface area contributed by atoms with Crippen molar-refractivity contribution in [2.24, 2.45) is 0 Å². The van der Waals surface area contributed by atoms with Crippen LogP contribution in [0, 0.1) is 6.92 Å². The van der Waals surface area contributed by atoms with Crippen LogP contribution in [0.5, 0.6) is 0 Å². The average Bonchev–Trinajstić information content (AvgIpc) is 2.79. The van der Waals surface area contributed by atoms with Gasteiger partial charge in [0.1, 0.15) is 0 Å². The summed E-state index contributed by atoms with van der Waals surface area (Å²) in [6, 6.07) is 15.8. The minimum atomic E-state index is -1.02. The summed E-state index contributed by atoms with van der Waals surface area (Å²) in [5, 5.41) is 12.8. The number of aromatic nitrogens is 3. The zero-order valence-corrected chi connectivity index (χ0v) is 17.9. The maximum atomic E-state index is 12.8. The van der Waals surface area contributed by atoms with Crippen LogP contribution in [0.4, 0.5) is 11.6 Å². The summed E-state index contributed by atoms with van der Waals surface area (Å²) < 4.78 is 6.45. The highest BCUT2D eigenvalue weighted by molar-refractivity contribution is 5.90. The molecular weight excluding hydrogens is 424 g/mol. The minimum absolute atomic E-state index is 0.163. The molecule has 0 fully saturated rings. The lowest BCUT2D eigenvalue weighted by atomic mass is 10.2. The number of aromatic carboxylic acids is 1. The summed E-state index contributed by atoms with van der Waals surface area (Å²) in [5.41, 5.74) is 2.44. The summed E-state index contributed by atoms with van der Waals surface area (Å²) in [6.07, 6.45) is 0. The van der Waals surface area contributed by atoms with Crippen LogP contribution in [0.15, 0.2) is 65.5 Å². The van der Waals surface area contributed by atoms with Crippen molar-refractivity contribution in [3.05, 3.63) is 87.8 Å². The van der Waals surface area contributed by atoms with Gasteiger partial charge >= 0.3 is 11.9 Å². The molecule has 0 saturated carbocycles. The fraction of sp³-hybridized carbons (Fsp3) is 0.125. The van der Waals surface area contributed by atoms with Gasteiger partial charge in [0.2, 0.25) is 5.95 Å². The summed E-state index contributed by atoms with van der Waals surface area (Å²) in [7, 11) is 0. The number of nitrogens with one attached hydrogen (secondary N) is 1. The van der Waals surface area contributed by atoms with Crippen LogP contribution in [0.25, 0.3) is 16.7 Å². The Kier molecular flexibility index (Phi) is 5.86. The highest BCUT2D eigenvalue weighted by Crippen LogP contribution is 2.21. The summed E-state index contributed by atoms with van der Waals surface area (Å²) in [5.74, 6) is -1.20. The SMILES string of the molecule is CCOC(=O)c1ccc(-n2c(=O)ccc3c(C)nc(Nc4ccc(C(=O)O)cc4)nc32)cc1. The molecule has 0 spiro atoms. The molecule has 9 nitrogen and oxygen atoms in total. The molecule has 0 saturated heterocycles. The molecule has 0 unspecified atom stereocenters. The van der Waals surface area contributed by atoms with E-state index in [1.165, 1.54) is 22.8 Å². The number of hydrogen-bond acceptors (Lipinski definition) is 7. The van der Waals surface area contributed by atoms with Gasteiger partial charge in [0, 0.05) is 17.1 Å². The topological polar surface area (TPSA) is 123 Å². The molecule has 0 aliphatic heterocycles. The molecule has 33 heavy (non-hydrogen) atoms. The van der Waals surface area contributed by atoms with E-state index in [0.29, 0.717) is 33.7 Å². The van der Waals surface area contributed by atoms with Crippen molar-refractivity contribution >= 4 is 34.6 Å². The summed E-state index contributed by atoms with van der Waals surface area (Å²) in [4.78, 5) is 44.8. The number of aryl methyl sites for hydroxylation is 1. The molecule has 0 aliphatic rings. The van der Waals surface area contributed by atoms with Gasteiger partial charge in [-0.1, -0.05) is 0 Å². The van der Waals surface area contributed by atoms with Crippen molar-refractivity contribution in [3.63, 3.8) is 0 Å². The van der Waals surface area contributed by atoms with E-state index >= 15 is 0 Å². The van der Waals surface area contributed by atoms with E-state index in [1.807, 2.05) is 0 Å². The first kappa shape index (κ1) is 21.7.